The number of benzene rings is 2. The van der Waals surface area contributed by atoms with E-state index in [1.807, 2.05) is 0 Å². The van der Waals surface area contributed by atoms with Crippen LogP contribution in [0.2, 0.25) is 0 Å². The fourth-order valence-corrected chi connectivity index (χ4v) is 2.63. The van der Waals surface area contributed by atoms with Gasteiger partial charge in [-0.2, -0.15) is 0 Å². The predicted molar refractivity (Wildman–Crippen MR) is 76.7 cm³/mol. The van der Waals surface area contributed by atoms with E-state index in [0.717, 1.165) is 12.1 Å². The quantitative estimate of drug-likeness (QED) is 0.763. The average Bonchev–Trinajstić information content (AvgIpc) is 2.48. The Morgan fingerprint density at radius 2 is 1.70 bits per heavy atom. The number of rotatable bonds is 4. The molecule has 0 fully saturated rings. The van der Waals surface area contributed by atoms with Crippen LogP contribution in [0.15, 0.2) is 36.4 Å². The molecular formula is C15H13BrF2O2. The summed E-state index contributed by atoms with van der Waals surface area (Å²) in [4.78, 5) is -0.515. The van der Waals surface area contributed by atoms with Crippen LogP contribution in [0.4, 0.5) is 8.78 Å². The van der Waals surface area contributed by atoms with Crippen LogP contribution in [0, 0.1) is 11.6 Å². The highest BCUT2D eigenvalue weighted by Crippen LogP contribution is 2.39. The Balaban J connectivity index is 2.47. The van der Waals surface area contributed by atoms with Crippen LogP contribution in [0.3, 0.4) is 0 Å². The van der Waals surface area contributed by atoms with Gasteiger partial charge < -0.3 is 9.47 Å². The largest absolute Gasteiger partial charge is 0.497 e. The summed E-state index contributed by atoms with van der Waals surface area (Å²) in [5, 5.41) is 0. The summed E-state index contributed by atoms with van der Waals surface area (Å²) in [6, 6.07) is 8.54. The molecule has 2 nitrogen and oxygen atoms in total. The molecule has 1 unspecified atom stereocenters. The number of hydrogen-bond acceptors (Lipinski definition) is 2. The van der Waals surface area contributed by atoms with Crippen LogP contribution in [0.5, 0.6) is 11.5 Å². The van der Waals surface area contributed by atoms with Crippen molar-refractivity contribution in [2.45, 2.75) is 4.83 Å². The van der Waals surface area contributed by atoms with E-state index in [1.165, 1.54) is 13.2 Å². The molecule has 20 heavy (non-hydrogen) atoms. The molecule has 0 aromatic heterocycles. The molecule has 0 saturated heterocycles. The maximum absolute atomic E-state index is 13.8. The summed E-state index contributed by atoms with van der Waals surface area (Å²) < 4.78 is 37.5. The summed E-state index contributed by atoms with van der Waals surface area (Å²) >= 11 is 3.39. The van der Waals surface area contributed by atoms with Gasteiger partial charge in [0.25, 0.3) is 0 Å². The van der Waals surface area contributed by atoms with Crippen LogP contribution < -0.4 is 9.47 Å². The van der Waals surface area contributed by atoms with Crippen molar-refractivity contribution < 1.29 is 18.3 Å². The molecule has 0 aliphatic rings. The standard InChI is InChI=1S/C15H13BrF2O2/c1-19-10-4-5-11(14(8-10)20-2)15(16)12-7-9(17)3-6-13(12)18/h3-8,15H,1-2H3. The Morgan fingerprint density at radius 3 is 2.35 bits per heavy atom. The predicted octanol–water partition coefficient (Wildman–Crippen LogP) is 4.47. The van der Waals surface area contributed by atoms with Crippen molar-refractivity contribution in [3.05, 3.63) is 59.2 Å². The normalized spacial score (nSPS) is 12.1. The molecule has 0 saturated carbocycles. The Bertz CT molecular complexity index is 617. The van der Waals surface area contributed by atoms with Crippen LogP contribution in [-0.4, -0.2) is 14.2 Å². The van der Waals surface area contributed by atoms with E-state index in [1.54, 1.807) is 25.3 Å². The molecule has 2 aromatic carbocycles. The van der Waals surface area contributed by atoms with Crippen molar-refractivity contribution in [3.63, 3.8) is 0 Å². The van der Waals surface area contributed by atoms with Crippen LogP contribution in [-0.2, 0) is 0 Å². The van der Waals surface area contributed by atoms with E-state index in [9.17, 15) is 8.78 Å². The number of alkyl halides is 1. The summed E-state index contributed by atoms with van der Waals surface area (Å²) in [5.74, 6) is 0.198. The highest BCUT2D eigenvalue weighted by molar-refractivity contribution is 9.09. The summed E-state index contributed by atoms with van der Waals surface area (Å²) in [7, 11) is 3.06. The first-order chi connectivity index (χ1) is 9.56. The highest BCUT2D eigenvalue weighted by atomic mass is 79.9. The van der Waals surface area contributed by atoms with Crippen LogP contribution >= 0.6 is 15.9 Å². The third kappa shape index (κ3) is 2.93. The third-order valence-corrected chi connectivity index (χ3v) is 3.93. The monoisotopic (exact) mass is 342 g/mol. The molecule has 1 atom stereocenters. The average molecular weight is 343 g/mol. The van der Waals surface area contributed by atoms with Crippen molar-refractivity contribution in [3.8, 4) is 11.5 Å². The first-order valence-corrected chi connectivity index (χ1v) is 6.79. The molecule has 0 radical (unpaired) electrons. The van der Waals surface area contributed by atoms with Gasteiger partial charge in [-0.1, -0.05) is 22.0 Å². The van der Waals surface area contributed by atoms with E-state index in [-0.39, 0.29) is 5.56 Å². The number of methoxy groups -OCH3 is 2. The van der Waals surface area contributed by atoms with Crippen molar-refractivity contribution in [2.24, 2.45) is 0 Å². The highest BCUT2D eigenvalue weighted by Gasteiger charge is 2.19. The fraction of sp³-hybridized carbons (Fsp3) is 0.200. The first-order valence-electron chi connectivity index (χ1n) is 5.87. The third-order valence-electron chi connectivity index (χ3n) is 2.94. The molecule has 0 aliphatic carbocycles. The van der Waals surface area contributed by atoms with Crippen molar-refractivity contribution in [2.75, 3.05) is 14.2 Å². The van der Waals surface area contributed by atoms with Gasteiger partial charge in [0.05, 0.1) is 19.0 Å². The Kier molecular flexibility index (Phi) is 4.60. The second-order valence-corrected chi connectivity index (χ2v) is 5.05. The lowest BCUT2D eigenvalue weighted by atomic mass is 10.0. The Morgan fingerprint density at radius 1 is 0.950 bits per heavy atom. The zero-order valence-electron chi connectivity index (χ0n) is 11.0. The minimum absolute atomic E-state index is 0.216. The van der Waals surface area contributed by atoms with E-state index >= 15 is 0 Å². The van der Waals surface area contributed by atoms with Crippen molar-refractivity contribution >= 4 is 15.9 Å². The zero-order valence-corrected chi connectivity index (χ0v) is 12.6. The maximum atomic E-state index is 13.8. The molecule has 5 heteroatoms. The van der Waals surface area contributed by atoms with E-state index in [2.05, 4.69) is 15.9 Å². The van der Waals surface area contributed by atoms with E-state index < -0.39 is 16.5 Å². The van der Waals surface area contributed by atoms with Gasteiger partial charge in [0.1, 0.15) is 23.1 Å². The van der Waals surface area contributed by atoms with Gasteiger partial charge in [-0.25, -0.2) is 8.78 Å². The van der Waals surface area contributed by atoms with Gasteiger partial charge in [0.2, 0.25) is 0 Å². The van der Waals surface area contributed by atoms with Crippen molar-refractivity contribution in [1.29, 1.82) is 0 Å². The second kappa shape index (κ2) is 6.22. The molecule has 0 amide bonds. The minimum atomic E-state index is -0.515. The van der Waals surface area contributed by atoms with Gasteiger partial charge in [-0.15, -0.1) is 0 Å². The molecule has 0 aliphatic heterocycles. The summed E-state index contributed by atoms with van der Waals surface area (Å²) in [5.41, 5.74) is 0.909. The zero-order chi connectivity index (χ0) is 14.7. The molecule has 106 valence electrons. The van der Waals surface area contributed by atoms with E-state index in [0.29, 0.717) is 17.1 Å². The SMILES string of the molecule is COc1ccc(C(Br)c2cc(F)ccc2F)c(OC)c1. The van der Waals surface area contributed by atoms with Gasteiger partial charge in [0, 0.05) is 17.2 Å². The molecule has 0 spiro atoms. The summed E-state index contributed by atoms with van der Waals surface area (Å²) in [6.45, 7) is 0. The lowest BCUT2D eigenvalue weighted by molar-refractivity contribution is 0.391. The van der Waals surface area contributed by atoms with Gasteiger partial charge in [-0.3, -0.25) is 0 Å². The van der Waals surface area contributed by atoms with Gasteiger partial charge in [-0.05, 0) is 24.3 Å². The summed E-state index contributed by atoms with van der Waals surface area (Å²) in [6.07, 6.45) is 0. The van der Waals surface area contributed by atoms with Crippen LogP contribution in [0.25, 0.3) is 0 Å². The lowest BCUT2D eigenvalue weighted by Gasteiger charge is -2.16. The smallest absolute Gasteiger partial charge is 0.128 e. The molecule has 0 bridgehead atoms. The number of ether oxygens (including phenoxy) is 2. The number of hydrogen-bond donors (Lipinski definition) is 0. The lowest BCUT2D eigenvalue weighted by Crippen LogP contribution is -2.01. The Hall–Kier alpha value is -1.62. The molecular weight excluding hydrogens is 330 g/mol. The first kappa shape index (κ1) is 14.8. The number of halogens is 3. The minimum Gasteiger partial charge on any atom is -0.497 e. The van der Waals surface area contributed by atoms with Crippen molar-refractivity contribution in [1.82, 2.24) is 0 Å². The Labute approximate surface area is 124 Å². The second-order valence-electron chi connectivity index (χ2n) is 4.14. The molecule has 0 N–H and O–H groups in total. The molecule has 2 aromatic rings. The van der Waals surface area contributed by atoms with E-state index in [4.69, 9.17) is 9.47 Å². The van der Waals surface area contributed by atoms with Gasteiger partial charge >= 0.3 is 0 Å². The molecule has 2 rings (SSSR count). The molecule has 0 heterocycles. The van der Waals surface area contributed by atoms with Crippen LogP contribution in [0.1, 0.15) is 16.0 Å². The fourth-order valence-electron chi connectivity index (χ4n) is 1.90. The topological polar surface area (TPSA) is 18.5 Å². The maximum Gasteiger partial charge on any atom is 0.128 e. The van der Waals surface area contributed by atoms with Gasteiger partial charge in [0.15, 0.2) is 0 Å².